The normalized spacial score (nSPS) is 10.6. The maximum Gasteiger partial charge on any atom is 0.284 e. The summed E-state index contributed by atoms with van der Waals surface area (Å²) in [7, 11) is 1.13. The third-order valence-electron chi connectivity index (χ3n) is 1.49. The van der Waals surface area contributed by atoms with Crippen LogP contribution in [0.3, 0.4) is 0 Å². The summed E-state index contributed by atoms with van der Waals surface area (Å²) in [6.45, 7) is 1.44. The van der Waals surface area contributed by atoms with Gasteiger partial charge in [-0.25, -0.2) is 18.2 Å². The molecule has 0 aliphatic heterocycles. The van der Waals surface area contributed by atoms with Crippen LogP contribution in [0.1, 0.15) is 17.8 Å². The highest BCUT2D eigenvalue weighted by molar-refractivity contribution is 5.31. The van der Waals surface area contributed by atoms with Gasteiger partial charge in [-0.05, 0) is 13.0 Å². The lowest BCUT2D eigenvalue weighted by Crippen LogP contribution is -2.01. The highest BCUT2D eigenvalue weighted by Crippen LogP contribution is 2.29. The highest BCUT2D eigenvalue weighted by atomic mass is 19.3. The van der Waals surface area contributed by atoms with E-state index in [4.69, 9.17) is 0 Å². The van der Waals surface area contributed by atoms with Gasteiger partial charge in [0.25, 0.3) is 6.43 Å². The number of methoxy groups -OCH3 is 1. The van der Waals surface area contributed by atoms with Gasteiger partial charge in [0.15, 0.2) is 17.3 Å². The molecule has 0 amide bonds. The summed E-state index contributed by atoms with van der Waals surface area (Å²) in [6, 6.07) is 1.05. The molecule has 0 saturated heterocycles. The molecular weight excluding hydrogens is 183 g/mol. The van der Waals surface area contributed by atoms with Crippen molar-refractivity contribution in [3.63, 3.8) is 0 Å². The summed E-state index contributed by atoms with van der Waals surface area (Å²) in [6.07, 6.45) is -2.83. The van der Waals surface area contributed by atoms with Crippen molar-refractivity contribution in [3.05, 3.63) is 23.3 Å². The van der Waals surface area contributed by atoms with Crippen molar-refractivity contribution in [3.8, 4) is 5.75 Å². The smallest absolute Gasteiger partial charge is 0.284 e. The third kappa shape index (κ3) is 1.91. The van der Waals surface area contributed by atoms with E-state index in [0.29, 0.717) is 0 Å². The molecule has 0 fully saturated rings. The number of alkyl halides is 2. The molecule has 1 aromatic rings. The molecule has 0 N–H and O–H groups in total. The van der Waals surface area contributed by atoms with Crippen LogP contribution in [-0.4, -0.2) is 12.1 Å². The molecule has 0 bridgehead atoms. The molecular formula is C8H8F3NO. The molecule has 13 heavy (non-hydrogen) atoms. The minimum atomic E-state index is -2.83. The molecule has 1 rings (SSSR count). The largest absolute Gasteiger partial charge is 0.492 e. The summed E-state index contributed by atoms with van der Waals surface area (Å²) in [5, 5.41) is 0. The van der Waals surface area contributed by atoms with Crippen molar-refractivity contribution in [1.29, 1.82) is 0 Å². The van der Waals surface area contributed by atoms with Gasteiger partial charge in [0.05, 0.1) is 7.11 Å². The lowest BCUT2D eigenvalue weighted by atomic mass is 10.3. The summed E-state index contributed by atoms with van der Waals surface area (Å²) < 4.78 is 42.0. The maximum atomic E-state index is 13.0. The first-order valence-electron chi connectivity index (χ1n) is 3.55. The maximum absolute atomic E-state index is 13.0. The van der Waals surface area contributed by atoms with Crippen LogP contribution in [0.25, 0.3) is 0 Å². The van der Waals surface area contributed by atoms with Gasteiger partial charge in [-0.1, -0.05) is 0 Å². The fraction of sp³-hybridized carbons (Fsp3) is 0.375. The van der Waals surface area contributed by atoms with Gasteiger partial charge in [0.1, 0.15) is 0 Å². The van der Waals surface area contributed by atoms with Crippen LogP contribution in [0.4, 0.5) is 13.2 Å². The fourth-order valence-corrected chi connectivity index (χ4v) is 0.994. The van der Waals surface area contributed by atoms with Crippen LogP contribution in [0.2, 0.25) is 0 Å². The van der Waals surface area contributed by atoms with Gasteiger partial charge >= 0.3 is 0 Å². The number of halogens is 3. The predicted molar refractivity (Wildman–Crippen MR) is 40.4 cm³/mol. The van der Waals surface area contributed by atoms with Crippen LogP contribution >= 0.6 is 0 Å². The first-order chi connectivity index (χ1) is 6.06. The van der Waals surface area contributed by atoms with E-state index in [-0.39, 0.29) is 5.69 Å². The van der Waals surface area contributed by atoms with Crippen LogP contribution in [0, 0.1) is 12.7 Å². The first-order valence-corrected chi connectivity index (χ1v) is 3.55. The molecule has 0 atom stereocenters. The number of rotatable bonds is 2. The van der Waals surface area contributed by atoms with E-state index in [0.717, 1.165) is 13.2 Å². The Morgan fingerprint density at radius 1 is 1.46 bits per heavy atom. The van der Waals surface area contributed by atoms with Gasteiger partial charge in [-0.2, -0.15) is 0 Å². The second kappa shape index (κ2) is 3.64. The van der Waals surface area contributed by atoms with Gasteiger partial charge in [0.2, 0.25) is 0 Å². The zero-order chi connectivity index (χ0) is 10.0. The Hall–Kier alpha value is -1.26. The predicted octanol–water partition coefficient (Wildman–Crippen LogP) is 2.48. The van der Waals surface area contributed by atoms with Gasteiger partial charge in [0, 0.05) is 5.69 Å². The minimum absolute atomic E-state index is 0.202. The molecule has 0 unspecified atom stereocenters. The average Bonchev–Trinajstić information content (AvgIpc) is 2.02. The Morgan fingerprint density at radius 3 is 2.54 bits per heavy atom. The number of aromatic nitrogens is 1. The standard InChI is InChI=1S/C8H8F3NO/c1-4-3-5(9)7(13-2)6(12-4)8(10)11/h3,8H,1-2H3. The van der Waals surface area contributed by atoms with E-state index in [1.165, 1.54) is 6.92 Å². The number of pyridine rings is 1. The molecule has 5 heteroatoms. The Kier molecular flexibility index (Phi) is 2.75. The Balaban J connectivity index is 3.29. The number of hydrogen-bond acceptors (Lipinski definition) is 2. The summed E-state index contributed by atoms with van der Waals surface area (Å²) in [5.41, 5.74) is -0.450. The highest BCUT2D eigenvalue weighted by Gasteiger charge is 2.19. The molecule has 0 saturated carbocycles. The summed E-state index contributed by atoms with van der Waals surface area (Å²) in [5.74, 6) is -1.30. The van der Waals surface area contributed by atoms with Crippen molar-refractivity contribution >= 4 is 0 Å². The molecule has 0 aliphatic rings. The van der Waals surface area contributed by atoms with E-state index in [9.17, 15) is 13.2 Å². The summed E-state index contributed by atoms with van der Waals surface area (Å²) >= 11 is 0. The number of aryl methyl sites for hydroxylation is 1. The van der Waals surface area contributed by atoms with E-state index in [2.05, 4.69) is 9.72 Å². The Morgan fingerprint density at radius 2 is 2.08 bits per heavy atom. The van der Waals surface area contributed by atoms with Gasteiger partial charge in [-0.15, -0.1) is 0 Å². The molecule has 0 spiro atoms. The number of ether oxygens (including phenoxy) is 1. The van der Waals surface area contributed by atoms with Crippen molar-refractivity contribution < 1.29 is 17.9 Å². The third-order valence-corrected chi connectivity index (χ3v) is 1.49. The summed E-state index contributed by atoms with van der Waals surface area (Å²) in [4.78, 5) is 3.49. The van der Waals surface area contributed by atoms with Gasteiger partial charge in [-0.3, -0.25) is 0 Å². The van der Waals surface area contributed by atoms with E-state index < -0.39 is 23.7 Å². The van der Waals surface area contributed by atoms with Crippen molar-refractivity contribution in [2.75, 3.05) is 7.11 Å². The Labute approximate surface area is 73.4 Å². The molecule has 0 radical (unpaired) electrons. The second-order valence-electron chi connectivity index (χ2n) is 2.46. The number of nitrogens with zero attached hydrogens (tertiary/aromatic N) is 1. The molecule has 1 heterocycles. The topological polar surface area (TPSA) is 22.1 Å². The molecule has 1 aromatic heterocycles. The van der Waals surface area contributed by atoms with Crippen LogP contribution in [-0.2, 0) is 0 Å². The van der Waals surface area contributed by atoms with Crippen LogP contribution in [0.5, 0.6) is 5.75 Å². The Bertz CT molecular complexity index is 315. The molecule has 72 valence electrons. The van der Waals surface area contributed by atoms with Crippen molar-refractivity contribution in [2.45, 2.75) is 13.3 Å². The van der Waals surface area contributed by atoms with E-state index in [1.54, 1.807) is 0 Å². The van der Waals surface area contributed by atoms with Crippen LogP contribution < -0.4 is 4.74 Å². The fourth-order valence-electron chi connectivity index (χ4n) is 0.994. The molecule has 2 nitrogen and oxygen atoms in total. The molecule has 0 aliphatic carbocycles. The molecule has 0 aromatic carbocycles. The zero-order valence-electron chi connectivity index (χ0n) is 7.14. The SMILES string of the molecule is COc1c(F)cc(C)nc1C(F)F. The second-order valence-corrected chi connectivity index (χ2v) is 2.46. The number of hydrogen-bond donors (Lipinski definition) is 0. The lowest BCUT2D eigenvalue weighted by Gasteiger charge is -2.08. The van der Waals surface area contributed by atoms with Crippen molar-refractivity contribution in [2.24, 2.45) is 0 Å². The van der Waals surface area contributed by atoms with Gasteiger partial charge < -0.3 is 4.74 Å². The zero-order valence-corrected chi connectivity index (χ0v) is 7.14. The average molecular weight is 191 g/mol. The van der Waals surface area contributed by atoms with Crippen LogP contribution in [0.15, 0.2) is 6.07 Å². The van der Waals surface area contributed by atoms with E-state index in [1.807, 2.05) is 0 Å². The first kappa shape index (κ1) is 9.83. The minimum Gasteiger partial charge on any atom is -0.492 e. The monoisotopic (exact) mass is 191 g/mol. The van der Waals surface area contributed by atoms with Crippen molar-refractivity contribution in [1.82, 2.24) is 4.98 Å². The quantitative estimate of drug-likeness (QED) is 0.716. The van der Waals surface area contributed by atoms with E-state index >= 15 is 0 Å². The lowest BCUT2D eigenvalue weighted by molar-refractivity contribution is 0.140.